The van der Waals surface area contributed by atoms with Crippen LogP contribution in [0.25, 0.3) is 0 Å². The van der Waals surface area contributed by atoms with Crippen molar-refractivity contribution in [3.8, 4) is 5.75 Å². The summed E-state index contributed by atoms with van der Waals surface area (Å²) in [6.07, 6.45) is 2.68. The van der Waals surface area contributed by atoms with Gasteiger partial charge in [-0.2, -0.15) is 0 Å². The van der Waals surface area contributed by atoms with Crippen molar-refractivity contribution in [1.82, 2.24) is 4.90 Å². The molecular weight excluding hydrogens is 236 g/mol. The molecule has 1 aromatic carbocycles. The summed E-state index contributed by atoms with van der Waals surface area (Å²) in [6, 6.07) is 8.92. The minimum atomic E-state index is 0.213. The highest BCUT2D eigenvalue weighted by atomic mass is 16.5. The lowest BCUT2D eigenvalue weighted by molar-refractivity contribution is 0.125. The van der Waals surface area contributed by atoms with Crippen LogP contribution in [0, 0.1) is 5.92 Å². The molecule has 1 saturated heterocycles. The molecule has 0 aromatic heterocycles. The fourth-order valence-electron chi connectivity index (χ4n) is 3.08. The Balaban J connectivity index is 2.23. The van der Waals surface area contributed by atoms with Crippen molar-refractivity contribution in [2.24, 2.45) is 11.7 Å². The quantitative estimate of drug-likeness (QED) is 0.907. The summed E-state index contributed by atoms with van der Waals surface area (Å²) >= 11 is 0. The second-order valence-electron chi connectivity index (χ2n) is 5.80. The number of hydrogen-bond donors (Lipinski definition) is 1. The number of benzene rings is 1. The average molecular weight is 262 g/mol. The van der Waals surface area contributed by atoms with Gasteiger partial charge in [-0.05, 0) is 70.4 Å². The Kier molecular flexibility index (Phi) is 4.83. The molecule has 2 rings (SSSR count). The van der Waals surface area contributed by atoms with Crippen LogP contribution in [0.2, 0.25) is 0 Å². The number of ether oxygens (including phenoxy) is 1. The highest BCUT2D eigenvalue weighted by Crippen LogP contribution is 2.35. The van der Waals surface area contributed by atoms with E-state index in [0.29, 0.717) is 12.0 Å². The zero-order chi connectivity index (χ0) is 13.8. The Morgan fingerprint density at radius 1 is 1.42 bits per heavy atom. The van der Waals surface area contributed by atoms with Gasteiger partial charge in [-0.25, -0.2) is 0 Å². The van der Waals surface area contributed by atoms with Crippen LogP contribution in [0.5, 0.6) is 5.75 Å². The summed E-state index contributed by atoms with van der Waals surface area (Å²) in [7, 11) is 2.20. The number of nitrogens with zero attached hydrogens (tertiary/aromatic N) is 1. The van der Waals surface area contributed by atoms with Crippen molar-refractivity contribution in [3.05, 3.63) is 29.8 Å². The van der Waals surface area contributed by atoms with E-state index in [1.165, 1.54) is 18.4 Å². The lowest BCUT2D eigenvalue weighted by Gasteiger charge is -2.39. The van der Waals surface area contributed by atoms with Gasteiger partial charge in [-0.15, -0.1) is 0 Å². The Hall–Kier alpha value is -1.06. The predicted octanol–water partition coefficient (Wildman–Crippen LogP) is 2.82. The number of rotatable bonds is 4. The predicted molar refractivity (Wildman–Crippen MR) is 79.4 cm³/mol. The highest BCUT2D eigenvalue weighted by Gasteiger charge is 2.29. The monoisotopic (exact) mass is 262 g/mol. The van der Waals surface area contributed by atoms with Crippen molar-refractivity contribution in [2.75, 3.05) is 20.1 Å². The summed E-state index contributed by atoms with van der Waals surface area (Å²) in [5.74, 6) is 1.51. The molecule has 3 heteroatoms. The molecule has 3 nitrogen and oxygen atoms in total. The average Bonchev–Trinajstić information content (AvgIpc) is 2.37. The number of piperidine rings is 1. The lowest BCUT2D eigenvalue weighted by Crippen LogP contribution is -2.39. The first-order chi connectivity index (χ1) is 9.11. The first-order valence-corrected chi connectivity index (χ1v) is 7.28. The third kappa shape index (κ3) is 3.48. The normalized spacial score (nSPS) is 24.7. The maximum atomic E-state index is 5.95. The van der Waals surface area contributed by atoms with Crippen LogP contribution < -0.4 is 10.5 Å². The van der Waals surface area contributed by atoms with Gasteiger partial charge in [0, 0.05) is 6.04 Å². The molecule has 1 heterocycles. The van der Waals surface area contributed by atoms with Crippen LogP contribution in [0.4, 0.5) is 0 Å². The molecule has 1 fully saturated rings. The van der Waals surface area contributed by atoms with E-state index >= 15 is 0 Å². The fourth-order valence-corrected chi connectivity index (χ4v) is 3.08. The summed E-state index contributed by atoms with van der Waals surface area (Å²) in [5, 5.41) is 0. The van der Waals surface area contributed by atoms with E-state index in [0.717, 1.165) is 18.8 Å². The zero-order valence-corrected chi connectivity index (χ0v) is 12.3. The van der Waals surface area contributed by atoms with Gasteiger partial charge < -0.3 is 10.5 Å². The van der Waals surface area contributed by atoms with Crippen molar-refractivity contribution >= 4 is 0 Å². The Morgan fingerprint density at radius 3 is 2.89 bits per heavy atom. The third-order valence-corrected chi connectivity index (χ3v) is 3.88. The summed E-state index contributed by atoms with van der Waals surface area (Å²) < 4.78 is 5.80. The molecular formula is C16H26N2O. The lowest BCUT2D eigenvalue weighted by atomic mass is 9.85. The third-order valence-electron chi connectivity index (χ3n) is 3.88. The summed E-state index contributed by atoms with van der Waals surface area (Å²) in [6.45, 7) is 6.02. The molecule has 1 aliphatic heterocycles. The summed E-state index contributed by atoms with van der Waals surface area (Å²) in [4.78, 5) is 2.43. The molecule has 2 atom stereocenters. The molecule has 0 radical (unpaired) electrons. The fraction of sp³-hybridized carbons (Fsp3) is 0.625. The standard InChI is InChI=1S/C16H26N2O/c1-12(2)19-15-8-4-6-13(10-15)16-14(11-17)7-5-9-18(16)3/h4,6,8,10,12,14,16H,5,7,9,11,17H2,1-3H3. The SMILES string of the molecule is CC(C)Oc1cccc(C2C(CN)CCCN2C)c1. The van der Waals surface area contributed by atoms with Crippen LogP contribution in [0.3, 0.4) is 0 Å². The van der Waals surface area contributed by atoms with E-state index in [-0.39, 0.29) is 6.10 Å². The van der Waals surface area contributed by atoms with Crippen LogP contribution in [-0.4, -0.2) is 31.1 Å². The minimum absolute atomic E-state index is 0.213. The zero-order valence-electron chi connectivity index (χ0n) is 12.3. The first-order valence-electron chi connectivity index (χ1n) is 7.28. The molecule has 0 amide bonds. The largest absolute Gasteiger partial charge is 0.491 e. The topological polar surface area (TPSA) is 38.5 Å². The first kappa shape index (κ1) is 14.4. The smallest absolute Gasteiger partial charge is 0.120 e. The molecule has 0 spiro atoms. The Morgan fingerprint density at radius 2 is 2.21 bits per heavy atom. The second-order valence-corrected chi connectivity index (χ2v) is 5.80. The van der Waals surface area contributed by atoms with Gasteiger partial charge in [-0.1, -0.05) is 12.1 Å². The molecule has 106 valence electrons. The number of nitrogens with two attached hydrogens (primary N) is 1. The van der Waals surface area contributed by atoms with E-state index in [4.69, 9.17) is 10.5 Å². The van der Waals surface area contributed by atoms with E-state index in [1.807, 2.05) is 6.07 Å². The number of likely N-dealkylation sites (tertiary alicyclic amines) is 1. The van der Waals surface area contributed by atoms with Crippen LogP contribution >= 0.6 is 0 Å². The van der Waals surface area contributed by atoms with Gasteiger partial charge in [0.25, 0.3) is 0 Å². The number of hydrogen-bond acceptors (Lipinski definition) is 3. The van der Waals surface area contributed by atoms with Gasteiger partial charge in [0.15, 0.2) is 0 Å². The molecule has 0 saturated carbocycles. The Labute approximate surface area is 116 Å². The molecule has 19 heavy (non-hydrogen) atoms. The molecule has 0 aliphatic carbocycles. The van der Waals surface area contributed by atoms with Crippen molar-refractivity contribution in [2.45, 2.75) is 38.8 Å². The van der Waals surface area contributed by atoms with Crippen LogP contribution in [-0.2, 0) is 0 Å². The minimum Gasteiger partial charge on any atom is -0.491 e. The molecule has 1 aromatic rings. The van der Waals surface area contributed by atoms with Gasteiger partial charge >= 0.3 is 0 Å². The van der Waals surface area contributed by atoms with E-state index in [2.05, 4.69) is 44.0 Å². The van der Waals surface area contributed by atoms with Crippen LogP contribution in [0.15, 0.2) is 24.3 Å². The van der Waals surface area contributed by atoms with Gasteiger partial charge in [0.1, 0.15) is 5.75 Å². The molecule has 2 unspecified atom stereocenters. The molecule has 2 N–H and O–H groups in total. The van der Waals surface area contributed by atoms with Crippen LogP contribution in [0.1, 0.15) is 38.3 Å². The molecule has 1 aliphatic rings. The van der Waals surface area contributed by atoms with Crippen molar-refractivity contribution in [1.29, 1.82) is 0 Å². The molecule has 0 bridgehead atoms. The van der Waals surface area contributed by atoms with Crippen molar-refractivity contribution < 1.29 is 4.74 Å². The van der Waals surface area contributed by atoms with Crippen molar-refractivity contribution in [3.63, 3.8) is 0 Å². The Bertz CT molecular complexity index is 405. The van der Waals surface area contributed by atoms with Gasteiger partial charge in [-0.3, -0.25) is 4.90 Å². The van der Waals surface area contributed by atoms with Gasteiger partial charge in [0.2, 0.25) is 0 Å². The second kappa shape index (κ2) is 6.40. The maximum Gasteiger partial charge on any atom is 0.120 e. The highest BCUT2D eigenvalue weighted by molar-refractivity contribution is 5.31. The maximum absolute atomic E-state index is 5.95. The van der Waals surface area contributed by atoms with E-state index in [1.54, 1.807) is 0 Å². The summed E-state index contributed by atoms with van der Waals surface area (Å²) in [5.41, 5.74) is 7.28. The van der Waals surface area contributed by atoms with E-state index in [9.17, 15) is 0 Å². The van der Waals surface area contributed by atoms with E-state index < -0.39 is 0 Å². The van der Waals surface area contributed by atoms with Gasteiger partial charge in [0.05, 0.1) is 6.10 Å².